The van der Waals surface area contributed by atoms with Crippen molar-refractivity contribution in [1.29, 1.82) is 10.5 Å². The van der Waals surface area contributed by atoms with Crippen molar-refractivity contribution in [2.24, 2.45) is 0 Å². The maximum Gasteiger partial charge on any atom is 0.0669 e. The van der Waals surface area contributed by atoms with Gasteiger partial charge in [-0.15, -0.1) is 0 Å². The lowest BCUT2D eigenvalue weighted by Gasteiger charge is -2.44. The lowest BCUT2D eigenvalue weighted by atomic mass is 9.59. The normalized spacial score (nSPS) is 16.4. The van der Waals surface area contributed by atoms with Crippen LogP contribution < -0.4 is 0 Å². The smallest absolute Gasteiger partial charge is 0.0669 e. The van der Waals surface area contributed by atoms with E-state index in [4.69, 9.17) is 10.5 Å². The summed E-state index contributed by atoms with van der Waals surface area (Å²) in [6.07, 6.45) is 0.884. The lowest BCUT2D eigenvalue weighted by Crippen LogP contribution is -2.36. The Kier molecular flexibility index (Phi) is 3.73. The Bertz CT molecular complexity index is 814. The summed E-state index contributed by atoms with van der Waals surface area (Å²) in [6, 6.07) is 17.4. The molecular weight excluding hydrogens is 292 g/mol. The SMILES string of the molecule is CC1(C)c2ccc(CC#N)cc2C(C)(C)c2ccc(CC#N)cc21. The van der Waals surface area contributed by atoms with Crippen LogP contribution in [-0.2, 0) is 23.7 Å². The fourth-order valence-corrected chi connectivity index (χ4v) is 4.00. The van der Waals surface area contributed by atoms with Crippen LogP contribution in [0, 0.1) is 22.7 Å². The van der Waals surface area contributed by atoms with Crippen molar-refractivity contribution < 1.29 is 0 Å². The fourth-order valence-electron chi connectivity index (χ4n) is 4.00. The van der Waals surface area contributed by atoms with E-state index in [2.05, 4.69) is 76.2 Å². The first-order chi connectivity index (χ1) is 11.3. The molecule has 0 saturated carbocycles. The molecule has 0 fully saturated rings. The van der Waals surface area contributed by atoms with Crippen molar-refractivity contribution in [2.45, 2.75) is 51.4 Å². The van der Waals surface area contributed by atoms with Gasteiger partial charge in [0.1, 0.15) is 0 Å². The van der Waals surface area contributed by atoms with Gasteiger partial charge < -0.3 is 0 Å². The van der Waals surface area contributed by atoms with E-state index < -0.39 is 0 Å². The molecule has 3 rings (SSSR count). The minimum absolute atomic E-state index is 0.114. The van der Waals surface area contributed by atoms with Gasteiger partial charge in [0.15, 0.2) is 0 Å². The molecule has 2 heteroatoms. The van der Waals surface area contributed by atoms with Gasteiger partial charge in [-0.1, -0.05) is 64.1 Å². The largest absolute Gasteiger partial charge is 0.198 e. The first-order valence-corrected chi connectivity index (χ1v) is 8.34. The molecule has 2 aromatic rings. The minimum Gasteiger partial charge on any atom is -0.198 e. The number of hydrogen-bond acceptors (Lipinski definition) is 2. The summed E-state index contributed by atoms with van der Waals surface area (Å²) in [4.78, 5) is 0. The van der Waals surface area contributed by atoms with Gasteiger partial charge in [-0.2, -0.15) is 10.5 Å². The first-order valence-electron chi connectivity index (χ1n) is 8.34. The van der Waals surface area contributed by atoms with Crippen LogP contribution in [0.15, 0.2) is 36.4 Å². The Balaban J connectivity index is 2.26. The molecule has 120 valence electrons. The van der Waals surface area contributed by atoms with Crippen LogP contribution in [-0.4, -0.2) is 0 Å². The van der Waals surface area contributed by atoms with Crippen molar-refractivity contribution in [1.82, 2.24) is 0 Å². The second kappa shape index (κ2) is 5.50. The van der Waals surface area contributed by atoms with E-state index in [1.807, 2.05) is 0 Å². The van der Waals surface area contributed by atoms with Gasteiger partial charge >= 0.3 is 0 Å². The Labute approximate surface area is 144 Å². The van der Waals surface area contributed by atoms with Gasteiger partial charge in [0, 0.05) is 10.8 Å². The van der Waals surface area contributed by atoms with Crippen molar-refractivity contribution >= 4 is 0 Å². The molecule has 0 spiro atoms. The number of nitriles is 2. The van der Waals surface area contributed by atoms with E-state index in [1.165, 1.54) is 22.3 Å². The number of fused-ring (bicyclic) bond motifs is 2. The number of benzene rings is 2. The monoisotopic (exact) mass is 314 g/mol. The van der Waals surface area contributed by atoms with E-state index in [9.17, 15) is 0 Å². The Morgan fingerprint density at radius 2 is 1.04 bits per heavy atom. The van der Waals surface area contributed by atoms with E-state index >= 15 is 0 Å². The van der Waals surface area contributed by atoms with E-state index in [1.54, 1.807) is 0 Å². The Hall–Kier alpha value is -2.58. The molecule has 2 aromatic carbocycles. The van der Waals surface area contributed by atoms with Crippen LogP contribution >= 0.6 is 0 Å². The molecular formula is C22H22N2. The van der Waals surface area contributed by atoms with Crippen LogP contribution in [0.4, 0.5) is 0 Å². The van der Waals surface area contributed by atoms with Crippen molar-refractivity contribution in [2.75, 3.05) is 0 Å². The predicted molar refractivity (Wildman–Crippen MR) is 95.8 cm³/mol. The van der Waals surface area contributed by atoms with Gasteiger partial charge in [0.25, 0.3) is 0 Å². The molecule has 0 unspecified atom stereocenters. The van der Waals surface area contributed by atoms with Crippen molar-refractivity contribution in [3.63, 3.8) is 0 Å². The van der Waals surface area contributed by atoms with Crippen molar-refractivity contribution in [3.8, 4) is 12.1 Å². The van der Waals surface area contributed by atoms with Gasteiger partial charge in [-0.05, 0) is 33.4 Å². The predicted octanol–water partition coefficient (Wildman–Crippen LogP) is 4.78. The molecule has 0 N–H and O–H groups in total. The van der Waals surface area contributed by atoms with Gasteiger partial charge in [-0.3, -0.25) is 0 Å². The van der Waals surface area contributed by atoms with Gasteiger partial charge in [0.05, 0.1) is 25.0 Å². The topological polar surface area (TPSA) is 47.6 Å². The summed E-state index contributed by atoms with van der Waals surface area (Å²) in [5.74, 6) is 0. The van der Waals surface area contributed by atoms with Crippen molar-refractivity contribution in [3.05, 3.63) is 69.8 Å². The summed E-state index contributed by atoms with van der Waals surface area (Å²) in [5.41, 5.74) is 7.16. The molecule has 1 aliphatic rings. The molecule has 24 heavy (non-hydrogen) atoms. The molecule has 1 aliphatic carbocycles. The van der Waals surface area contributed by atoms with Gasteiger partial charge in [0.2, 0.25) is 0 Å². The molecule has 0 bridgehead atoms. The highest BCUT2D eigenvalue weighted by molar-refractivity contribution is 5.60. The Morgan fingerprint density at radius 3 is 1.38 bits per heavy atom. The highest BCUT2D eigenvalue weighted by Gasteiger charge is 2.41. The quantitative estimate of drug-likeness (QED) is 0.800. The number of rotatable bonds is 2. The van der Waals surface area contributed by atoms with E-state index in [-0.39, 0.29) is 10.8 Å². The molecule has 0 saturated heterocycles. The second-order valence-corrected chi connectivity index (χ2v) is 7.68. The molecule has 0 heterocycles. The number of nitrogens with zero attached hydrogens (tertiary/aromatic N) is 2. The molecule has 0 atom stereocenters. The van der Waals surface area contributed by atoms with Crippen LogP contribution in [0.1, 0.15) is 61.1 Å². The zero-order valence-electron chi connectivity index (χ0n) is 14.8. The average molecular weight is 314 g/mol. The summed E-state index contributed by atoms with van der Waals surface area (Å²) < 4.78 is 0. The summed E-state index contributed by atoms with van der Waals surface area (Å²) in [7, 11) is 0. The maximum absolute atomic E-state index is 9.02. The molecule has 0 radical (unpaired) electrons. The van der Waals surface area contributed by atoms with E-state index in [0.29, 0.717) is 12.8 Å². The summed E-state index contributed by atoms with van der Waals surface area (Å²) >= 11 is 0. The van der Waals surface area contributed by atoms with Crippen LogP contribution in [0.2, 0.25) is 0 Å². The molecule has 0 aromatic heterocycles. The zero-order chi connectivity index (χ0) is 17.5. The molecule has 0 aliphatic heterocycles. The third-order valence-corrected chi connectivity index (χ3v) is 5.43. The van der Waals surface area contributed by atoms with E-state index in [0.717, 1.165) is 11.1 Å². The third-order valence-electron chi connectivity index (χ3n) is 5.43. The highest BCUT2D eigenvalue weighted by atomic mass is 14.4. The van der Waals surface area contributed by atoms with Gasteiger partial charge in [-0.25, -0.2) is 0 Å². The Morgan fingerprint density at radius 1 is 0.667 bits per heavy atom. The summed E-state index contributed by atoms with van der Waals surface area (Å²) in [5, 5.41) is 18.0. The van der Waals surface area contributed by atoms with Crippen LogP contribution in [0.25, 0.3) is 0 Å². The molecule has 0 amide bonds. The maximum atomic E-state index is 9.02. The minimum atomic E-state index is -0.114. The third kappa shape index (κ3) is 2.31. The standard InChI is InChI=1S/C22H22N2/c1-21(2)17-7-5-16(10-12-24)14-20(17)22(3,4)18-8-6-15(9-11-23)13-19(18)21/h5-8,13-14H,9-10H2,1-4H3. The lowest BCUT2D eigenvalue weighted by molar-refractivity contribution is 0.519. The second-order valence-electron chi connectivity index (χ2n) is 7.68. The van der Waals surface area contributed by atoms with Crippen LogP contribution in [0.5, 0.6) is 0 Å². The fraction of sp³-hybridized carbons (Fsp3) is 0.364. The first kappa shape index (κ1) is 16.3. The highest BCUT2D eigenvalue weighted by Crippen LogP contribution is 2.50. The number of hydrogen-bond donors (Lipinski definition) is 0. The zero-order valence-corrected chi connectivity index (χ0v) is 14.8. The molecule has 2 nitrogen and oxygen atoms in total. The van der Waals surface area contributed by atoms with Crippen LogP contribution in [0.3, 0.4) is 0 Å². The average Bonchev–Trinajstić information content (AvgIpc) is 2.54. The summed E-state index contributed by atoms with van der Waals surface area (Å²) in [6.45, 7) is 9.00.